The van der Waals surface area contributed by atoms with E-state index in [4.69, 9.17) is 4.74 Å². The first-order valence-electron chi connectivity index (χ1n) is 6.78. The normalized spacial score (nSPS) is 15.8. The van der Waals surface area contributed by atoms with Crippen molar-refractivity contribution in [1.29, 1.82) is 0 Å². The molecular formula is C13H26F3NO2. The maximum atomic E-state index is 11.9. The third kappa shape index (κ3) is 13.9. The van der Waals surface area contributed by atoms with E-state index in [0.29, 0.717) is 5.92 Å². The Morgan fingerprint density at radius 1 is 1.21 bits per heavy atom. The fourth-order valence-electron chi connectivity index (χ4n) is 1.75. The molecule has 3 nitrogen and oxygen atoms in total. The van der Waals surface area contributed by atoms with Crippen molar-refractivity contribution in [3.8, 4) is 0 Å². The molecule has 19 heavy (non-hydrogen) atoms. The van der Waals surface area contributed by atoms with Crippen molar-refractivity contribution in [2.24, 2.45) is 5.92 Å². The number of halogens is 3. The maximum absolute atomic E-state index is 11.9. The molecule has 0 aliphatic heterocycles. The summed E-state index contributed by atoms with van der Waals surface area (Å²) in [6, 6.07) is 0. The summed E-state index contributed by atoms with van der Waals surface area (Å²) >= 11 is 0. The van der Waals surface area contributed by atoms with Gasteiger partial charge in [0.15, 0.2) is 0 Å². The van der Waals surface area contributed by atoms with Crippen LogP contribution in [-0.2, 0) is 4.74 Å². The molecule has 2 atom stereocenters. The number of ether oxygens (including phenoxy) is 1. The van der Waals surface area contributed by atoms with Gasteiger partial charge in [0.1, 0.15) is 0 Å². The Morgan fingerprint density at radius 2 is 1.84 bits per heavy atom. The van der Waals surface area contributed by atoms with Crippen LogP contribution in [-0.4, -0.2) is 43.2 Å². The van der Waals surface area contributed by atoms with E-state index in [1.807, 2.05) is 6.92 Å². The molecule has 2 N–H and O–H groups in total. The molecule has 0 aromatic heterocycles. The number of nitrogens with one attached hydrogen (secondary N) is 1. The second kappa shape index (κ2) is 9.55. The summed E-state index contributed by atoms with van der Waals surface area (Å²) in [5, 5.41) is 12.4. The number of aliphatic hydroxyl groups is 1. The standard InChI is InChI=1S/C13H26F3NO2/c1-10(2)7-11(3)19-9-12(18)8-17-6-4-5-13(14,15)16/h10-12,17-18H,4-9H2,1-3H3. The molecule has 0 heterocycles. The molecule has 6 heteroatoms. The predicted octanol–water partition coefficient (Wildman–Crippen LogP) is 2.73. The number of hydrogen-bond donors (Lipinski definition) is 2. The second-order valence-electron chi connectivity index (χ2n) is 5.35. The zero-order valence-electron chi connectivity index (χ0n) is 12.0. The van der Waals surface area contributed by atoms with Crippen LogP contribution in [0.4, 0.5) is 13.2 Å². The zero-order chi connectivity index (χ0) is 14.9. The van der Waals surface area contributed by atoms with Crippen LogP contribution in [0.5, 0.6) is 0 Å². The van der Waals surface area contributed by atoms with Crippen molar-refractivity contribution in [3.63, 3.8) is 0 Å². The first-order valence-corrected chi connectivity index (χ1v) is 6.78. The topological polar surface area (TPSA) is 41.5 Å². The van der Waals surface area contributed by atoms with Crippen LogP contribution in [0.25, 0.3) is 0 Å². The second-order valence-corrected chi connectivity index (χ2v) is 5.35. The van der Waals surface area contributed by atoms with Gasteiger partial charge in [0.05, 0.1) is 18.8 Å². The molecule has 0 aromatic carbocycles. The molecule has 0 aliphatic rings. The van der Waals surface area contributed by atoms with E-state index in [0.717, 1.165) is 6.42 Å². The average Bonchev–Trinajstić information content (AvgIpc) is 2.23. The van der Waals surface area contributed by atoms with E-state index in [1.54, 1.807) is 0 Å². The van der Waals surface area contributed by atoms with Gasteiger partial charge in [-0.05, 0) is 32.2 Å². The number of aliphatic hydroxyl groups excluding tert-OH is 1. The summed E-state index contributed by atoms with van der Waals surface area (Å²) < 4.78 is 41.0. The van der Waals surface area contributed by atoms with Gasteiger partial charge in [-0.25, -0.2) is 0 Å². The molecule has 0 amide bonds. The number of hydrogen-bond acceptors (Lipinski definition) is 3. The lowest BCUT2D eigenvalue weighted by Crippen LogP contribution is -2.32. The van der Waals surface area contributed by atoms with Crippen molar-refractivity contribution < 1.29 is 23.0 Å². The van der Waals surface area contributed by atoms with Gasteiger partial charge >= 0.3 is 6.18 Å². The lowest BCUT2D eigenvalue weighted by Gasteiger charge is -2.18. The van der Waals surface area contributed by atoms with Gasteiger partial charge in [0.2, 0.25) is 0 Å². The van der Waals surface area contributed by atoms with Crippen LogP contribution in [0.2, 0.25) is 0 Å². The maximum Gasteiger partial charge on any atom is 0.389 e. The van der Waals surface area contributed by atoms with E-state index in [1.165, 1.54) is 0 Å². The lowest BCUT2D eigenvalue weighted by atomic mass is 10.1. The van der Waals surface area contributed by atoms with Crippen molar-refractivity contribution in [2.75, 3.05) is 19.7 Å². The van der Waals surface area contributed by atoms with Gasteiger partial charge in [0.25, 0.3) is 0 Å². The van der Waals surface area contributed by atoms with Gasteiger partial charge in [-0.3, -0.25) is 0 Å². The molecule has 0 bridgehead atoms. The lowest BCUT2D eigenvalue weighted by molar-refractivity contribution is -0.135. The van der Waals surface area contributed by atoms with E-state index < -0.39 is 18.7 Å². The molecule has 0 fully saturated rings. The van der Waals surface area contributed by atoms with Crippen LogP contribution < -0.4 is 5.32 Å². The van der Waals surface area contributed by atoms with Crippen molar-refractivity contribution >= 4 is 0 Å². The first-order chi connectivity index (χ1) is 8.70. The minimum Gasteiger partial charge on any atom is -0.389 e. The summed E-state index contributed by atoms with van der Waals surface area (Å²) in [5.41, 5.74) is 0. The fourth-order valence-corrected chi connectivity index (χ4v) is 1.75. The molecule has 0 rings (SSSR count). The van der Waals surface area contributed by atoms with Crippen molar-refractivity contribution in [1.82, 2.24) is 5.32 Å². The summed E-state index contributed by atoms with van der Waals surface area (Å²) in [6.07, 6.45) is -4.54. The summed E-state index contributed by atoms with van der Waals surface area (Å²) in [5.74, 6) is 0.535. The molecule has 0 aromatic rings. The quantitative estimate of drug-likeness (QED) is 0.606. The minimum absolute atomic E-state index is 0.0286. The highest BCUT2D eigenvalue weighted by Gasteiger charge is 2.25. The third-order valence-corrected chi connectivity index (χ3v) is 2.57. The predicted molar refractivity (Wildman–Crippen MR) is 69.0 cm³/mol. The molecule has 2 unspecified atom stereocenters. The van der Waals surface area contributed by atoms with E-state index in [2.05, 4.69) is 19.2 Å². The first kappa shape index (κ1) is 18.7. The summed E-state index contributed by atoms with van der Waals surface area (Å²) in [4.78, 5) is 0. The molecular weight excluding hydrogens is 259 g/mol. The van der Waals surface area contributed by atoms with Gasteiger partial charge in [-0.2, -0.15) is 13.2 Å². The summed E-state index contributed by atoms with van der Waals surface area (Å²) in [7, 11) is 0. The van der Waals surface area contributed by atoms with Gasteiger partial charge in [-0.15, -0.1) is 0 Å². The highest BCUT2D eigenvalue weighted by atomic mass is 19.4. The van der Waals surface area contributed by atoms with Gasteiger partial charge in [0, 0.05) is 13.0 Å². The molecule has 0 saturated heterocycles. The Morgan fingerprint density at radius 3 is 2.37 bits per heavy atom. The zero-order valence-corrected chi connectivity index (χ0v) is 12.0. The Balaban J connectivity index is 3.47. The largest absolute Gasteiger partial charge is 0.389 e. The van der Waals surface area contributed by atoms with Gasteiger partial charge < -0.3 is 15.2 Å². The van der Waals surface area contributed by atoms with Crippen LogP contribution in [0, 0.1) is 5.92 Å². The molecule has 0 radical (unpaired) electrons. The van der Waals surface area contributed by atoms with Crippen LogP contribution >= 0.6 is 0 Å². The van der Waals surface area contributed by atoms with E-state index >= 15 is 0 Å². The van der Waals surface area contributed by atoms with Crippen molar-refractivity contribution in [2.45, 2.75) is 58.4 Å². The van der Waals surface area contributed by atoms with Crippen LogP contribution in [0.15, 0.2) is 0 Å². The Kier molecular flexibility index (Phi) is 9.39. The molecule has 116 valence electrons. The van der Waals surface area contributed by atoms with Crippen LogP contribution in [0.3, 0.4) is 0 Å². The monoisotopic (exact) mass is 285 g/mol. The molecule has 0 aliphatic carbocycles. The van der Waals surface area contributed by atoms with Crippen LogP contribution in [0.1, 0.15) is 40.0 Å². The number of rotatable bonds is 10. The Labute approximate surface area is 113 Å². The minimum atomic E-state index is -4.10. The average molecular weight is 285 g/mol. The Hall–Kier alpha value is -0.330. The van der Waals surface area contributed by atoms with E-state index in [9.17, 15) is 18.3 Å². The smallest absolute Gasteiger partial charge is 0.389 e. The van der Waals surface area contributed by atoms with E-state index in [-0.39, 0.29) is 32.2 Å². The van der Waals surface area contributed by atoms with Gasteiger partial charge in [-0.1, -0.05) is 13.8 Å². The summed E-state index contributed by atoms with van der Waals surface area (Å²) in [6.45, 7) is 6.85. The molecule has 0 saturated carbocycles. The van der Waals surface area contributed by atoms with Crippen molar-refractivity contribution in [3.05, 3.63) is 0 Å². The Bertz CT molecular complexity index is 222. The SMILES string of the molecule is CC(C)CC(C)OCC(O)CNCCCC(F)(F)F. The third-order valence-electron chi connectivity index (χ3n) is 2.57. The fraction of sp³-hybridized carbons (Fsp3) is 1.00. The number of alkyl halides is 3. The highest BCUT2D eigenvalue weighted by Crippen LogP contribution is 2.20. The molecule has 0 spiro atoms. The highest BCUT2D eigenvalue weighted by molar-refractivity contribution is 4.62.